The van der Waals surface area contributed by atoms with Crippen LogP contribution in [0.5, 0.6) is 0 Å². The number of nitrogens with one attached hydrogen (secondary N) is 2. The molecule has 0 aromatic heterocycles. The monoisotopic (exact) mass is 451 g/mol. The van der Waals surface area contributed by atoms with Crippen molar-refractivity contribution >= 4 is 29.9 Å². The number of allylic oxidation sites excluding steroid dienone is 1. The van der Waals surface area contributed by atoms with Gasteiger partial charge in [0, 0.05) is 46.3 Å². The fraction of sp³-hybridized carbons (Fsp3) is 0.833. The third kappa shape index (κ3) is 7.27. The van der Waals surface area contributed by atoms with Gasteiger partial charge in [0.05, 0.1) is 12.1 Å². The number of halogens is 1. The Morgan fingerprint density at radius 2 is 2.08 bits per heavy atom. The van der Waals surface area contributed by atoms with Gasteiger partial charge in [-0.2, -0.15) is 0 Å². The first kappa shape index (κ1) is 21.7. The Balaban J connectivity index is 0.00000288. The average molecular weight is 451 g/mol. The molecular weight excluding hydrogens is 417 g/mol. The van der Waals surface area contributed by atoms with Crippen molar-refractivity contribution < 1.29 is 9.47 Å². The van der Waals surface area contributed by atoms with Gasteiger partial charge >= 0.3 is 0 Å². The lowest BCUT2D eigenvalue weighted by atomic mass is 9.94. The van der Waals surface area contributed by atoms with E-state index in [4.69, 9.17) is 14.5 Å². The Morgan fingerprint density at radius 3 is 2.71 bits per heavy atom. The molecule has 6 heteroatoms. The van der Waals surface area contributed by atoms with Crippen molar-refractivity contribution in [3.8, 4) is 0 Å². The normalized spacial score (nSPS) is 20.8. The van der Waals surface area contributed by atoms with Crippen LogP contribution in [0.1, 0.15) is 51.9 Å². The van der Waals surface area contributed by atoms with Gasteiger partial charge in [-0.25, -0.2) is 0 Å². The zero-order valence-electron chi connectivity index (χ0n) is 15.2. The summed E-state index contributed by atoms with van der Waals surface area (Å²) in [6.07, 6.45) is 10.6. The number of nitrogens with zero attached hydrogens (tertiary/aromatic N) is 1. The predicted molar refractivity (Wildman–Crippen MR) is 110 cm³/mol. The molecule has 1 saturated heterocycles. The average Bonchev–Trinajstić information content (AvgIpc) is 2.61. The molecule has 2 N–H and O–H groups in total. The molecular formula is C18H34IN3O2. The summed E-state index contributed by atoms with van der Waals surface area (Å²) < 4.78 is 11.2. The molecule has 1 aliphatic carbocycles. The van der Waals surface area contributed by atoms with E-state index >= 15 is 0 Å². The first-order valence-electron chi connectivity index (χ1n) is 9.11. The molecule has 5 nitrogen and oxygen atoms in total. The second-order valence-corrected chi connectivity index (χ2v) is 6.48. The summed E-state index contributed by atoms with van der Waals surface area (Å²) in [4.78, 5) is 4.76. The summed E-state index contributed by atoms with van der Waals surface area (Å²) in [6, 6.07) is 0. The Kier molecular flexibility index (Phi) is 10.9. The summed E-state index contributed by atoms with van der Waals surface area (Å²) in [7, 11) is 1.79. The van der Waals surface area contributed by atoms with Crippen LogP contribution in [0.4, 0.5) is 0 Å². The van der Waals surface area contributed by atoms with Gasteiger partial charge in [0.1, 0.15) is 0 Å². The van der Waals surface area contributed by atoms with Gasteiger partial charge in [0.2, 0.25) is 0 Å². The summed E-state index contributed by atoms with van der Waals surface area (Å²) in [5.41, 5.74) is 1.43. The molecule has 0 spiro atoms. The molecule has 0 aromatic rings. The topological polar surface area (TPSA) is 54.9 Å². The van der Waals surface area contributed by atoms with Crippen molar-refractivity contribution in [1.29, 1.82) is 0 Å². The molecule has 2 aliphatic rings. The van der Waals surface area contributed by atoms with Crippen molar-refractivity contribution in [2.75, 3.05) is 40.0 Å². The van der Waals surface area contributed by atoms with E-state index in [2.05, 4.69) is 23.6 Å². The summed E-state index contributed by atoms with van der Waals surface area (Å²) in [5, 5.41) is 6.79. The van der Waals surface area contributed by atoms with Crippen molar-refractivity contribution in [1.82, 2.24) is 10.6 Å². The molecule has 0 atom stereocenters. The third-order valence-corrected chi connectivity index (χ3v) is 4.83. The minimum Gasteiger partial charge on any atom is -0.381 e. The number of guanidine groups is 1. The maximum atomic E-state index is 5.76. The van der Waals surface area contributed by atoms with Gasteiger partial charge in [-0.1, -0.05) is 11.6 Å². The van der Waals surface area contributed by atoms with Crippen LogP contribution in [0.2, 0.25) is 0 Å². The molecule has 1 fully saturated rings. The van der Waals surface area contributed by atoms with Gasteiger partial charge in [0.15, 0.2) is 5.96 Å². The minimum atomic E-state index is -0.160. The number of methoxy groups -OCH3 is 1. The lowest BCUT2D eigenvalue weighted by Gasteiger charge is -2.34. The largest absolute Gasteiger partial charge is 0.381 e. The van der Waals surface area contributed by atoms with Crippen LogP contribution < -0.4 is 10.6 Å². The number of ether oxygens (including phenoxy) is 2. The Bertz CT molecular complexity index is 407. The van der Waals surface area contributed by atoms with Crippen LogP contribution in [0.3, 0.4) is 0 Å². The lowest BCUT2D eigenvalue weighted by molar-refractivity contribution is -0.0828. The van der Waals surface area contributed by atoms with E-state index in [1.807, 2.05) is 0 Å². The maximum Gasteiger partial charge on any atom is 0.191 e. The predicted octanol–water partition coefficient (Wildman–Crippen LogP) is 3.25. The fourth-order valence-corrected chi connectivity index (χ4v) is 3.21. The highest BCUT2D eigenvalue weighted by Gasteiger charge is 2.32. The van der Waals surface area contributed by atoms with Crippen LogP contribution in [0, 0.1) is 0 Å². The van der Waals surface area contributed by atoms with E-state index in [0.717, 1.165) is 51.5 Å². The first-order chi connectivity index (χ1) is 11.3. The van der Waals surface area contributed by atoms with Crippen LogP contribution in [0.25, 0.3) is 0 Å². The highest BCUT2D eigenvalue weighted by atomic mass is 127. The standard InChI is InChI=1S/C18H33N3O2.HI/c1-3-19-17(20-12-9-16-7-5-4-6-8-16)21-15-18(22-2)10-13-23-14-11-18;/h7H,3-6,8-15H2,1-2H3,(H2,19,20,21);1H. The fourth-order valence-electron chi connectivity index (χ4n) is 3.21. The summed E-state index contributed by atoms with van der Waals surface area (Å²) in [6.45, 7) is 6.13. The second kappa shape index (κ2) is 12.1. The Hall–Kier alpha value is -0.340. The number of hydrogen-bond donors (Lipinski definition) is 2. The molecule has 0 radical (unpaired) electrons. The van der Waals surface area contributed by atoms with Crippen LogP contribution in [-0.4, -0.2) is 51.5 Å². The van der Waals surface area contributed by atoms with Gasteiger partial charge in [-0.3, -0.25) is 4.99 Å². The Morgan fingerprint density at radius 1 is 1.29 bits per heavy atom. The molecule has 0 bridgehead atoms. The molecule has 24 heavy (non-hydrogen) atoms. The summed E-state index contributed by atoms with van der Waals surface area (Å²) in [5.74, 6) is 0.895. The molecule has 0 unspecified atom stereocenters. The minimum absolute atomic E-state index is 0. The van der Waals surface area contributed by atoms with E-state index in [1.54, 1.807) is 12.7 Å². The third-order valence-electron chi connectivity index (χ3n) is 4.83. The zero-order valence-corrected chi connectivity index (χ0v) is 17.6. The highest BCUT2D eigenvalue weighted by molar-refractivity contribution is 14.0. The molecule has 1 heterocycles. The van der Waals surface area contributed by atoms with Gasteiger partial charge in [-0.05, 0) is 39.0 Å². The molecule has 0 aromatic carbocycles. The van der Waals surface area contributed by atoms with Crippen molar-refractivity contribution in [3.63, 3.8) is 0 Å². The van der Waals surface area contributed by atoms with Crippen molar-refractivity contribution in [2.24, 2.45) is 4.99 Å². The van der Waals surface area contributed by atoms with Crippen LogP contribution >= 0.6 is 24.0 Å². The smallest absolute Gasteiger partial charge is 0.191 e. The van der Waals surface area contributed by atoms with E-state index < -0.39 is 0 Å². The zero-order chi connectivity index (χ0) is 16.4. The van der Waals surface area contributed by atoms with Gasteiger partial charge in [0.25, 0.3) is 0 Å². The molecule has 1 aliphatic heterocycles. The lowest BCUT2D eigenvalue weighted by Crippen LogP contribution is -2.44. The van der Waals surface area contributed by atoms with Crippen molar-refractivity contribution in [3.05, 3.63) is 11.6 Å². The molecule has 0 saturated carbocycles. The van der Waals surface area contributed by atoms with Crippen LogP contribution in [0.15, 0.2) is 16.6 Å². The van der Waals surface area contributed by atoms with E-state index in [-0.39, 0.29) is 29.6 Å². The van der Waals surface area contributed by atoms with E-state index in [1.165, 1.54) is 25.7 Å². The second-order valence-electron chi connectivity index (χ2n) is 6.48. The number of hydrogen-bond acceptors (Lipinski definition) is 3. The SMILES string of the molecule is CCNC(=NCC1(OC)CCOCC1)NCCC1=CCCCC1.I. The first-order valence-corrected chi connectivity index (χ1v) is 9.11. The van der Waals surface area contributed by atoms with E-state index in [9.17, 15) is 0 Å². The molecule has 0 amide bonds. The van der Waals surface area contributed by atoms with Gasteiger partial charge < -0.3 is 20.1 Å². The number of rotatable bonds is 7. The highest BCUT2D eigenvalue weighted by Crippen LogP contribution is 2.24. The molecule has 140 valence electrons. The number of aliphatic imine (C=N–C) groups is 1. The maximum absolute atomic E-state index is 5.76. The van der Waals surface area contributed by atoms with E-state index in [0.29, 0.717) is 6.54 Å². The molecule has 2 rings (SSSR count). The quantitative estimate of drug-likeness (QED) is 0.270. The van der Waals surface area contributed by atoms with Crippen molar-refractivity contribution in [2.45, 2.75) is 57.5 Å². The summed E-state index contributed by atoms with van der Waals surface area (Å²) >= 11 is 0. The Labute approximate surface area is 164 Å². The van der Waals surface area contributed by atoms with Gasteiger partial charge in [-0.15, -0.1) is 24.0 Å². The van der Waals surface area contributed by atoms with Crippen LogP contribution in [-0.2, 0) is 9.47 Å².